The molecule has 0 unspecified atom stereocenters. The van der Waals surface area contributed by atoms with Gasteiger partial charge in [-0.2, -0.15) is 5.26 Å². The van der Waals surface area contributed by atoms with E-state index >= 15 is 0 Å². The van der Waals surface area contributed by atoms with Crippen molar-refractivity contribution < 1.29 is 9.72 Å². The molecular formula is C18H21N3O3S2. The predicted molar refractivity (Wildman–Crippen MR) is 106 cm³/mol. The van der Waals surface area contributed by atoms with Crippen LogP contribution < -0.4 is 0 Å². The molecule has 138 valence electrons. The van der Waals surface area contributed by atoms with Gasteiger partial charge in [0.25, 0.3) is 0 Å². The van der Waals surface area contributed by atoms with Crippen molar-refractivity contribution in [3.8, 4) is 6.07 Å². The summed E-state index contributed by atoms with van der Waals surface area (Å²) in [5.41, 5.74) is -0.717. The molecular weight excluding hydrogens is 370 g/mol. The monoisotopic (exact) mass is 391 g/mol. The van der Waals surface area contributed by atoms with Gasteiger partial charge in [-0.15, -0.1) is 0 Å². The number of nitro groups is 1. The van der Waals surface area contributed by atoms with E-state index in [1.807, 2.05) is 33.8 Å². The quantitative estimate of drug-likeness (QED) is 0.554. The number of rotatable bonds is 5. The maximum absolute atomic E-state index is 13.1. The minimum Gasteiger partial charge on any atom is -0.284 e. The second-order valence-electron chi connectivity index (χ2n) is 7.02. The fraction of sp³-hybridized carbons (Fsp3) is 0.500. The van der Waals surface area contributed by atoms with Gasteiger partial charge in [-0.25, -0.2) is 0 Å². The Bertz CT molecular complexity index is 778. The summed E-state index contributed by atoms with van der Waals surface area (Å²) in [6.07, 6.45) is 0. The number of carbonyl (C=O) groups excluding carboxylic acids is 1. The topological polar surface area (TPSA) is 96.4 Å². The van der Waals surface area contributed by atoms with Crippen LogP contribution in [0.1, 0.15) is 44.7 Å². The third-order valence-corrected chi connectivity index (χ3v) is 6.44. The maximum atomic E-state index is 13.1. The Hall–Kier alpha value is -1.85. The second-order valence-corrected chi connectivity index (χ2v) is 9.49. The van der Waals surface area contributed by atoms with Crippen LogP contribution in [0.15, 0.2) is 29.3 Å². The average Bonchev–Trinajstić information content (AvgIpc) is 2.90. The van der Waals surface area contributed by atoms with E-state index in [1.165, 1.54) is 11.8 Å². The molecule has 0 spiro atoms. The molecule has 0 fully saturated rings. The van der Waals surface area contributed by atoms with Crippen molar-refractivity contribution in [2.24, 2.45) is 10.4 Å². The molecule has 0 radical (unpaired) electrons. The third-order valence-electron chi connectivity index (χ3n) is 4.45. The molecule has 0 amide bonds. The molecule has 26 heavy (non-hydrogen) atoms. The average molecular weight is 392 g/mol. The highest BCUT2D eigenvalue weighted by Gasteiger charge is 2.59. The van der Waals surface area contributed by atoms with Crippen LogP contribution in [-0.4, -0.2) is 32.3 Å². The van der Waals surface area contributed by atoms with Crippen LogP contribution in [-0.2, 0) is 4.79 Å². The molecule has 0 saturated heterocycles. The number of nitriles is 1. The zero-order chi connectivity index (χ0) is 19.5. The van der Waals surface area contributed by atoms with Gasteiger partial charge in [-0.05, 0) is 40.6 Å². The predicted octanol–water partition coefficient (Wildman–Crippen LogP) is 4.09. The molecule has 1 aromatic rings. The molecule has 2 rings (SSSR count). The number of aliphatic imine (C=N–C) groups is 1. The van der Waals surface area contributed by atoms with E-state index in [2.05, 4.69) is 0 Å². The van der Waals surface area contributed by atoms with Crippen molar-refractivity contribution >= 4 is 33.0 Å². The van der Waals surface area contributed by atoms with Gasteiger partial charge in [0.15, 0.2) is 0 Å². The Labute approximate surface area is 161 Å². The molecule has 8 heteroatoms. The van der Waals surface area contributed by atoms with Crippen molar-refractivity contribution in [1.29, 1.82) is 5.26 Å². The van der Waals surface area contributed by atoms with Crippen molar-refractivity contribution in [2.75, 3.05) is 12.3 Å². The second kappa shape index (κ2) is 7.80. The first-order chi connectivity index (χ1) is 12.2. The Kier molecular flexibility index (Phi) is 6.14. The van der Waals surface area contributed by atoms with Crippen LogP contribution in [0.2, 0.25) is 0 Å². The Morgan fingerprint density at radius 1 is 1.38 bits per heavy atom. The van der Waals surface area contributed by atoms with E-state index in [-0.39, 0.29) is 5.12 Å². The standard InChI is InChI=1S/C18H21N3O3S2/c1-5-25-16-20-18(15(22)26-16,17(2,3)4)14(11-21(23)24)13-8-6-12(10-19)7-9-13/h6-9,14H,5,11H2,1-4H3/t14-,18+/m1/s1. The van der Waals surface area contributed by atoms with E-state index in [1.54, 1.807) is 24.3 Å². The van der Waals surface area contributed by atoms with Crippen LogP contribution in [0.4, 0.5) is 0 Å². The van der Waals surface area contributed by atoms with Gasteiger partial charge in [-0.3, -0.25) is 19.9 Å². The zero-order valence-corrected chi connectivity index (χ0v) is 16.8. The number of hydrogen-bond acceptors (Lipinski definition) is 7. The minimum absolute atomic E-state index is 0.155. The lowest BCUT2D eigenvalue weighted by molar-refractivity contribution is -0.485. The largest absolute Gasteiger partial charge is 0.284 e. The first-order valence-electron chi connectivity index (χ1n) is 8.22. The maximum Gasteiger partial charge on any atom is 0.224 e. The SMILES string of the molecule is CCSC1=N[C@]([C@H](C[N+](=O)[O-])c2ccc(C#N)cc2)(C(C)(C)C)C(=O)S1. The number of hydrogen-bond donors (Lipinski definition) is 0. The molecule has 0 aromatic heterocycles. The summed E-state index contributed by atoms with van der Waals surface area (Å²) in [7, 11) is 0. The first-order valence-corrected chi connectivity index (χ1v) is 10.0. The van der Waals surface area contributed by atoms with Crippen LogP contribution >= 0.6 is 23.5 Å². The highest BCUT2D eigenvalue weighted by atomic mass is 32.2. The van der Waals surface area contributed by atoms with Gasteiger partial charge in [-0.1, -0.05) is 51.6 Å². The molecule has 1 aliphatic heterocycles. The highest BCUT2D eigenvalue weighted by molar-refractivity contribution is 8.45. The van der Waals surface area contributed by atoms with Crippen LogP contribution in [0.5, 0.6) is 0 Å². The van der Waals surface area contributed by atoms with Crippen LogP contribution in [0, 0.1) is 26.9 Å². The van der Waals surface area contributed by atoms with E-state index in [0.29, 0.717) is 15.5 Å². The van der Waals surface area contributed by atoms with Gasteiger partial charge in [0.2, 0.25) is 11.7 Å². The summed E-state index contributed by atoms with van der Waals surface area (Å²) in [5, 5.41) is 20.3. The van der Waals surface area contributed by atoms with Gasteiger partial charge in [0.1, 0.15) is 9.91 Å². The summed E-state index contributed by atoms with van der Waals surface area (Å²) in [5.74, 6) is 0.0658. The molecule has 0 bridgehead atoms. The molecule has 1 aromatic carbocycles. The Morgan fingerprint density at radius 2 is 2.00 bits per heavy atom. The Morgan fingerprint density at radius 3 is 2.46 bits per heavy atom. The highest BCUT2D eigenvalue weighted by Crippen LogP contribution is 2.52. The summed E-state index contributed by atoms with van der Waals surface area (Å²) < 4.78 is 0.661. The van der Waals surface area contributed by atoms with Crippen molar-refractivity contribution in [2.45, 2.75) is 39.2 Å². The smallest absolute Gasteiger partial charge is 0.224 e. The number of nitrogens with zero attached hydrogens (tertiary/aromatic N) is 3. The Balaban J connectivity index is 2.65. The fourth-order valence-electron chi connectivity index (χ4n) is 3.19. The summed E-state index contributed by atoms with van der Waals surface area (Å²) in [4.78, 5) is 28.9. The van der Waals surface area contributed by atoms with Gasteiger partial charge < -0.3 is 0 Å². The number of thioether (sulfide) groups is 2. The normalized spacial score (nSPS) is 21.2. The zero-order valence-electron chi connectivity index (χ0n) is 15.2. The summed E-state index contributed by atoms with van der Waals surface area (Å²) in [6, 6.07) is 8.67. The number of benzene rings is 1. The lowest BCUT2D eigenvalue weighted by atomic mass is 9.65. The van der Waals surface area contributed by atoms with E-state index in [0.717, 1.165) is 17.5 Å². The summed E-state index contributed by atoms with van der Waals surface area (Å²) in [6.45, 7) is 7.26. The number of carbonyl (C=O) groups is 1. The minimum atomic E-state index is -1.23. The molecule has 0 saturated carbocycles. The molecule has 1 aliphatic rings. The van der Waals surface area contributed by atoms with Crippen molar-refractivity contribution in [3.05, 3.63) is 45.5 Å². The van der Waals surface area contributed by atoms with Crippen molar-refractivity contribution in [1.82, 2.24) is 0 Å². The first kappa shape index (κ1) is 20.5. The van der Waals surface area contributed by atoms with Gasteiger partial charge >= 0.3 is 0 Å². The van der Waals surface area contributed by atoms with E-state index in [9.17, 15) is 14.9 Å². The van der Waals surface area contributed by atoms with Gasteiger partial charge in [0.05, 0.1) is 17.6 Å². The lowest BCUT2D eigenvalue weighted by Crippen LogP contribution is -2.52. The molecule has 0 N–H and O–H groups in total. The van der Waals surface area contributed by atoms with E-state index < -0.39 is 28.3 Å². The molecule has 2 atom stereocenters. The lowest BCUT2D eigenvalue weighted by Gasteiger charge is -2.41. The van der Waals surface area contributed by atoms with Crippen LogP contribution in [0.25, 0.3) is 0 Å². The molecule has 6 nitrogen and oxygen atoms in total. The summed E-state index contributed by atoms with van der Waals surface area (Å²) >= 11 is 2.56. The van der Waals surface area contributed by atoms with Gasteiger partial charge in [0, 0.05) is 4.92 Å². The van der Waals surface area contributed by atoms with E-state index in [4.69, 9.17) is 10.3 Å². The van der Waals surface area contributed by atoms with Crippen molar-refractivity contribution in [3.63, 3.8) is 0 Å². The fourth-order valence-corrected chi connectivity index (χ4v) is 5.46. The molecule has 1 heterocycles. The molecule has 0 aliphatic carbocycles. The van der Waals surface area contributed by atoms with Crippen LogP contribution in [0.3, 0.4) is 0 Å². The third kappa shape index (κ3) is 3.79.